The fraction of sp³-hybridized carbons (Fsp3) is 0.0690. The van der Waals surface area contributed by atoms with Gasteiger partial charge in [0.25, 0.3) is 0 Å². The molecule has 3 heteroatoms. The van der Waals surface area contributed by atoms with E-state index in [1.54, 1.807) is 14.2 Å². The molecule has 4 aromatic rings. The molecule has 0 bridgehead atoms. The summed E-state index contributed by atoms with van der Waals surface area (Å²) in [6.07, 6.45) is 0. The van der Waals surface area contributed by atoms with Crippen LogP contribution >= 0.6 is 0 Å². The molecule has 4 aromatic carbocycles. The Morgan fingerprint density at radius 3 is 1.72 bits per heavy atom. The quantitative estimate of drug-likeness (QED) is 0.370. The molecule has 0 saturated carbocycles. The zero-order chi connectivity index (χ0) is 22.1. The second-order valence-corrected chi connectivity index (χ2v) is 7.67. The molecule has 0 unspecified atom stereocenters. The third-order valence-electron chi connectivity index (χ3n) is 5.83. The van der Waals surface area contributed by atoms with Crippen LogP contribution in [-0.4, -0.2) is 20.0 Å². The first kappa shape index (κ1) is 19.8. The minimum absolute atomic E-state index is 0.0192. The Kier molecular flexibility index (Phi) is 5.08. The van der Waals surface area contributed by atoms with Crippen molar-refractivity contribution in [2.45, 2.75) is 0 Å². The Bertz CT molecular complexity index is 1350. The molecule has 1 aliphatic carbocycles. The van der Waals surface area contributed by atoms with E-state index in [9.17, 15) is 4.79 Å². The van der Waals surface area contributed by atoms with Crippen LogP contribution in [0.5, 0.6) is 11.5 Å². The zero-order valence-corrected chi connectivity index (χ0v) is 18.0. The molecule has 3 nitrogen and oxygen atoms in total. The van der Waals surface area contributed by atoms with E-state index >= 15 is 0 Å². The van der Waals surface area contributed by atoms with E-state index < -0.39 is 0 Å². The van der Waals surface area contributed by atoms with Crippen molar-refractivity contribution in [3.63, 3.8) is 0 Å². The van der Waals surface area contributed by atoms with Crippen molar-refractivity contribution in [2.24, 2.45) is 0 Å². The summed E-state index contributed by atoms with van der Waals surface area (Å²) in [7, 11) is 3.28. The van der Waals surface area contributed by atoms with Gasteiger partial charge in [0.05, 0.1) is 14.2 Å². The Hall–Kier alpha value is -4.11. The number of fused-ring (bicyclic) bond motifs is 1. The van der Waals surface area contributed by atoms with Gasteiger partial charge in [-0.2, -0.15) is 0 Å². The molecular weight excluding hydrogens is 396 g/mol. The molecule has 0 atom stereocenters. The van der Waals surface area contributed by atoms with Crippen LogP contribution < -0.4 is 9.47 Å². The zero-order valence-electron chi connectivity index (χ0n) is 18.0. The van der Waals surface area contributed by atoms with E-state index in [-0.39, 0.29) is 5.78 Å². The van der Waals surface area contributed by atoms with Gasteiger partial charge in [0.1, 0.15) is 11.5 Å². The van der Waals surface area contributed by atoms with Crippen LogP contribution in [0.25, 0.3) is 22.3 Å². The molecule has 156 valence electrons. The minimum Gasteiger partial charge on any atom is -0.497 e. The molecule has 0 radical (unpaired) electrons. The second kappa shape index (κ2) is 8.20. The molecule has 0 fully saturated rings. The lowest BCUT2D eigenvalue weighted by molar-refractivity contribution is 0.105. The maximum Gasteiger partial charge on any atom is 0.194 e. The molecule has 0 heterocycles. The Morgan fingerprint density at radius 1 is 0.500 bits per heavy atom. The van der Waals surface area contributed by atoms with Gasteiger partial charge in [0.2, 0.25) is 0 Å². The summed E-state index contributed by atoms with van der Waals surface area (Å²) < 4.78 is 10.9. The predicted molar refractivity (Wildman–Crippen MR) is 128 cm³/mol. The first-order valence-electron chi connectivity index (χ1n) is 10.5. The van der Waals surface area contributed by atoms with Crippen molar-refractivity contribution < 1.29 is 14.3 Å². The SMILES string of the molecule is COc1cccc(C2=C(c3cccc(OC)c3)c3cc(-c4ccccc4)ccc3C2=O)c1. The fourth-order valence-corrected chi connectivity index (χ4v) is 4.27. The fourth-order valence-electron chi connectivity index (χ4n) is 4.27. The second-order valence-electron chi connectivity index (χ2n) is 7.67. The van der Waals surface area contributed by atoms with Crippen LogP contribution in [0.15, 0.2) is 97.1 Å². The largest absolute Gasteiger partial charge is 0.497 e. The number of hydrogen-bond donors (Lipinski definition) is 0. The molecule has 0 N–H and O–H groups in total. The summed E-state index contributed by atoms with van der Waals surface area (Å²) >= 11 is 0. The normalized spacial score (nSPS) is 12.6. The smallest absolute Gasteiger partial charge is 0.194 e. The molecule has 5 rings (SSSR count). The van der Waals surface area contributed by atoms with Gasteiger partial charge < -0.3 is 9.47 Å². The molecule has 32 heavy (non-hydrogen) atoms. The maximum atomic E-state index is 13.7. The topological polar surface area (TPSA) is 35.5 Å². The lowest BCUT2D eigenvalue weighted by Gasteiger charge is -2.12. The molecular formula is C29H22O3. The highest BCUT2D eigenvalue weighted by Gasteiger charge is 2.32. The van der Waals surface area contributed by atoms with Crippen LogP contribution in [-0.2, 0) is 0 Å². The minimum atomic E-state index is 0.0192. The lowest BCUT2D eigenvalue weighted by atomic mass is 9.92. The van der Waals surface area contributed by atoms with Crippen molar-refractivity contribution in [3.8, 4) is 22.6 Å². The summed E-state index contributed by atoms with van der Waals surface area (Å²) in [5, 5.41) is 0. The summed E-state index contributed by atoms with van der Waals surface area (Å²) in [5.41, 5.74) is 7.20. The van der Waals surface area contributed by atoms with Gasteiger partial charge in [0.15, 0.2) is 5.78 Å². The van der Waals surface area contributed by atoms with E-state index in [4.69, 9.17) is 9.47 Å². The molecule has 0 aromatic heterocycles. The van der Waals surface area contributed by atoms with Gasteiger partial charge in [0, 0.05) is 16.7 Å². The third kappa shape index (κ3) is 3.38. The number of rotatable bonds is 5. The average Bonchev–Trinajstić information content (AvgIpc) is 3.16. The number of carbonyl (C=O) groups is 1. The van der Waals surface area contributed by atoms with Gasteiger partial charge in [-0.3, -0.25) is 4.79 Å². The standard InChI is InChI=1S/C29H22O3/c1-31-23-12-6-10-21(16-23)27-26-18-20(19-8-4-3-5-9-19)14-15-25(26)29(30)28(27)22-11-7-13-24(17-22)32-2/h3-18H,1-2H3. The molecule has 0 amide bonds. The summed E-state index contributed by atoms with van der Waals surface area (Å²) in [4.78, 5) is 13.7. The average molecular weight is 418 g/mol. The molecule has 0 aliphatic heterocycles. The number of hydrogen-bond acceptors (Lipinski definition) is 3. The maximum absolute atomic E-state index is 13.7. The van der Waals surface area contributed by atoms with Gasteiger partial charge in [-0.25, -0.2) is 0 Å². The van der Waals surface area contributed by atoms with Gasteiger partial charge >= 0.3 is 0 Å². The number of ketones is 1. The number of benzene rings is 4. The van der Waals surface area contributed by atoms with Gasteiger partial charge in [-0.05, 0) is 64.2 Å². The number of methoxy groups -OCH3 is 2. The Morgan fingerprint density at radius 2 is 1.09 bits per heavy atom. The summed E-state index contributed by atoms with van der Waals surface area (Å²) in [5.74, 6) is 1.49. The van der Waals surface area contributed by atoms with E-state index in [1.807, 2.05) is 78.9 Å². The molecule has 0 spiro atoms. The van der Waals surface area contributed by atoms with Crippen molar-refractivity contribution in [2.75, 3.05) is 14.2 Å². The summed E-state index contributed by atoms with van der Waals surface area (Å²) in [6.45, 7) is 0. The highest BCUT2D eigenvalue weighted by molar-refractivity contribution is 6.41. The molecule has 0 saturated heterocycles. The summed E-state index contributed by atoms with van der Waals surface area (Å²) in [6, 6.07) is 31.8. The van der Waals surface area contributed by atoms with Crippen LogP contribution in [0.3, 0.4) is 0 Å². The van der Waals surface area contributed by atoms with Crippen molar-refractivity contribution in [1.29, 1.82) is 0 Å². The number of allylic oxidation sites excluding steroid dienone is 1. The van der Waals surface area contributed by atoms with Gasteiger partial charge in [-0.1, -0.05) is 60.7 Å². The number of carbonyl (C=O) groups excluding carboxylic acids is 1. The van der Waals surface area contributed by atoms with Crippen LogP contribution in [0.1, 0.15) is 27.0 Å². The van der Waals surface area contributed by atoms with Crippen LogP contribution in [0.4, 0.5) is 0 Å². The number of Topliss-reactive ketones (excluding diaryl/α,β-unsaturated/α-hetero) is 1. The predicted octanol–water partition coefficient (Wildman–Crippen LogP) is 6.53. The lowest BCUT2D eigenvalue weighted by Crippen LogP contribution is -1.99. The van der Waals surface area contributed by atoms with Crippen molar-refractivity contribution >= 4 is 16.9 Å². The highest BCUT2D eigenvalue weighted by Crippen LogP contribution is 2.44. The molecule has 1 aliphatic rings. The van der Waals surface area contributed by atoms with Crippen molar-refractivity contribution in [3.05, 3.63) is 119 Å². The Balaban J connectivity index is 1.78. The van der Waals surface area contributed by atoms with E-state index in [0.717, 1.165) is 39.1 Å². The highest BCUT2D eigenvalue weighted by atomic mass is 16.5. The van der Waals surface area contributed by atoms with Crippen molar-refractivity contribution in [1.82, 2.24) is 0 Å². The van der Waals surface area contributed by atoms with Crippen LogP contribution in [0.2, 0.25) is 0 Å². The first-order valence-corrected chi connectivity index (χ1v) is 10.5. The van der Waals surface area contributed by atoms with E-state index in [2.05, 4.69) is 18.2 Å². The first-order chi connectivity index (χ1) is 15.7. The van der Waals surface area contributed by atoms with Crippen LogP contribution in [0, 0.1) is 0 Å². The van der Waals surface area contributed by atoms with E-state index in [1.165, 1.54) is 0 Å². The Labute approximate surface area is 187 Å². The monoisotopic (exact) mass is 418 g/mol. The number of ether oxygens (including phenoxy) is 2. The van der Waals surface area contributed by atoms with Gasteiger partial charge in [-0.15, -0.1) is 0 Å². The van der Waals surface area contributed by atoms with E-state index in [0.29, 0.717) is 16.9 Å². The third-order valence-corrected chi connectivity index (χ3v) is 5.83.